The van der Waals surface area contributed by atoms with Crippen molar-refractivity contribution in [3.8, 4) is 17.2 Å². The van der Waals surface area contributed by atoms with Gasteiger partial charge in [-0.25, -0.2) is 8.78 Å². The Morgan fingerprint density at radius 3 is 2.53 bits per heavy atom. The Hall–Kier alpha value is -2.42. The van der Waals surface area contributed by atoms with E-state index in [0.717, 1.165) is 17.7 Å². The first kappa shape index (κ1) is 24.2. The third-order valence-electron chi connectivity index (χ3n) is 5.24. The Balaban J connectivity index is 1.63. The van der Waals surface area contributed by atoms with Crippen LogP contribution in [-0.4, -0.2) is 57.3 Å². The molecule has 6 nitrogen and oxygen atoms in total. The number of carbonyl (C=O) groups is 1. The predicted octanol–water partition coefficient (Wildman–Crippen LogP) is 4.51. The van der Waals surface area contributed by atoms with Crippen molar-refractivity contribution in [3.63, 3.8) is 0 Å². The van der Waals surface area contributed by atoms with Gasteiger partial charge < -0.3 is 18.9 Å². The average molecular weight is 470 g/mol. The zero-order valence-corrected chi connectivity index (χ0v) is 19.0. The first-order valence-electron chi connectivity index (χ1n) is 10.3. The lowest BCUT2D eigenvalue weighted by Crippen LogP contribution is -2.44. The van der Waals surface area contributed by atoms with Gasteiger partial charge in [0.2, 0.25) is 0 Å². The highest BCUT2D eigenvalue weighted by Crippen LogP contribution is 2.37. The highest BCUT2D eigenvalue weighted by atomic mass is 35.5. The lowest BCUT2D eigenvalue weighted by Gasteiger charge is -2.33. The molecule has 0 amide bonds. The molecule has 0 N–H and O–H groups in total. The van der Waals surface area contributed by atoms with Crippen LogP contribution < -0.4 is 14.2 Å². The zero-order chi connectivity index (χ0) is 23.3. The maximum atomic E-state index is 14.3. The second kappa shape index (κ2) is 10.9. The molecule has 0 radical (unpaired) electrons. The molecule has 1 heterocycles. The van der Waals surface area contributed by atoms with Crippen LogP contribution in [0.1, 0.15) is 29.3 Å². The van der Waals surface area contributed by atoms with Crippen molar-refractivity contribution in [1.29, 1.82) is 0 Å². The Kier molecular flexibility index (Phi) is 8.28. The Morgan fingerprint density at radius 1 is 1.19 bits per heavy atom. The lowest BCUT2D eigenvalue weighted by atomic mass is 10.1. The molecular weight excluding hydrogens is 444 g/mol. The second-order valence-corrected chi connectivity index (χ2v) is 7.74. The van der Waals surface area contributed by atoms with E-state index in [0.29, 0.717) is 42.8 Å². The topological polar surface area (TPSA) is 57.2 Å². The fourth-order valence-electron chi connectivity index (χ4n) is 3.56. The monoisotopic (exact) mass is 469 g/mol. The Morgan fingerprint density at radius 2 is 1.91 bits per heavy atom. The molecule has 1 atom stereocenters. The number of rotatable bonds is 9. The van der Waals surface area contributed by atoms with E-state index in [-0.39, 0.29) is 24.4 Å². The van der Waals surface area contributed by atoms with Crippen molar-refractivity contribution >= 4 is 17.4 Å². The van der Waals surface area contributed by atoms with E-state index in [1.54, 1.807) is 20.1 Å². The predicted molar refractivity (Wildman–Crippen MR) is 116 cm³/mol. The molecule has 0 bridgehead atoms. The van der Waals surface area contributed by atoms with Gasteiger partial charge in [-0.15, -0.1) is 0 Å². The summed E-state index contributed by atoms with van der Waals surface area (Å²) in [5.74, 6) is -1.66. The van der Waals surface area contributed by atoms with E-state index < -0.39 is 23.5 Å². The van der Waals surface area contributed by atoms with E-state index >= 15 is 0 Å². The van der Waals surface area contributed by atoms with Crippen LogP contribution in [0.2, 0.25) is 5.02 Å². The molecule has 0 spiro atoms. The van der Waals surface area contributed by atoms with Gasteiger partial charge in [0.15, 0.2) is 34.7 Å². The van der Waals surface area contributed by atoms with Gasteiger partial charge in [-0.1, -0.05) is 24.6 Å². The molecule has 2 aromatic rings. The third kappa shape index (κ3) is 5.49. The van der Waals surface area contributed by atoms with Crippen molar-refractivity contribution in [1.82, 2.24) is 4.90 Å². The summed E-state index contributed by atoms with van der Waals surface area (Å²) in [4.78, 5) is 13.8. The van der Waals surface area contributed by atoms with Crippen LogP contribution in [0.15, 0.2) is 24.3 Å². The molecule has 1 saturated heterocycles. The molecule has 1 unspecified atom stereocenters. The molecule has 0 aliphatic carbocycles. The Bertz CT molecular complexity index is 949. The van der Waals surface area contributed by atoms with Gasteiger partial charge in [0.05, 0.1) is 25.8 Å². The van der Waals surface area contributed by atoms with Crippen LogP contribution >= 0.6 is 11.6 Å². The summed E-state index contributed by atoms with van der Waals surface area (Å²) in [5, 5.41) is 0.469. The van der Waals surface area contributed by atoms with Crippen molar-refractivity contribution in [2.45, 2.75) is 26.0 Å². The molecule has 0 aromatic heterocycles. The number of Topliss-reactive ketones (excluding diaryl/α,β-unsaturated/α-hetero) is 1. The summed E-state index contributed by atoms with van der Waals surface area (Å²) < 4.78 is 50.3. The van der Waals surface area contributed by atoms with Gasteiger partial charge in [0.25, 0.3) is 0 Å². The largest absolute Gasteiger partial charge is 0.493 e. The molecule has 1 fully saturated rings. The molecule has 0 saturated carbocycles. The zero-order valence-electron chi connectivity index (χ0n) is 18.3. The lowest BCUT2D eigenvalue weighted by molar-refractivity contribution is -0.0513. The van der Waals surface area contributed by atoms with Gasteiger partial charge >= 0.3 is 0 Å². The minimum Gasteiger partial charge on any atom is -0.493 e. The summed E-state index contributed by atoms with van der Waals surface area (Å²) in [7, 11) is 3.07. The summed E-state index contributed by atoms with van der Waals surface area (Å²) in [6.45, 7) is 3.72. The molecule has 9 heteroatoms. The summed E-state index contributed by atoms with van der Waals surface area (Å²) in [6, 6.07) is 5.66. The third-order valence-corrected chi connectivity index (χ3v) is 5.65. The molecule has 2 aromatic carbocycles. The second-order valence-electron chi connectivity index (χ2n) is 7.36. The molecular formula is C23H26ClF2NO5. The van der Waals surface area contributed by atoms with Gasteiger partial charge in [0, 0.05) is 31.6 Å². The van der Waals surface area contributed by atoms with E-state index in [9.17, 15) is 13.6 Å². The van der Waals surface area contributed by atoms with Crippen molar-refractivity contribution in [2.75, 3.05) is 40.5 Å². The van der Waals surface area contributed by atoms with Crippen molar-refractivity contribution in [3.05, 3.63) is 52.0 Å². The number of nitrogens with zero attached hydrogens (tertiary/aromatic N) is 1. The number of ether oxygens (including phenoxy) is 4. The number of halogens is 3. The normalized spacial score (nSPS) is 16.6. The van der Waals surface area contributed by atoms with Crippen LogP contribution in [0.5, 0.6) is 17.2 Å². The number of hydrogen-bond donors (Lipinski definition) is 0. The number of morpholine rings is 1. The Labute approximate surface area is 191 Å². The fourth-order valence-corrected chi connectivity index (χ4v) is 3.85. The van der Waals surface area contributed by atoms with Crippen molar-refractivity contribution < 1.29 is 32.5 Å². The van der Waals surface area contributed by atoms with Crippen LogP contribution in [0.4, 0.5) is 8.78 Å². The standard InChI is InChI=1S/C23H26ClF2NO5/c1-4-19(28)15-9-17(25)22(18(26)10-15)32-13-16-12-27(7-8-31-16)11-14-5-6-20(29-2)23(30-3)21(14)24/h5-6,9-10,16H,4,7-8,11-13H2,1-3H3. The first-order valence-corrected chi connectivity index (χ1v) is 10.6. The summed E-state index contributed by atoms with van der Waals surface area (Å²) in [6.07, 6.45) is -0.229. The van der Waals surface area contributed by atoms with E-state index in [1.807, 2.05) is 6.07 Å². The van der Waals surface area contributed by atoms with Crippen LogP contribution in [0, 0.1) is 11.6 Å². The number of benzene rings is 2. The summed E-state index contributed by atoms with van der Waals surface area (Å²) >= 11 is 6.47. The van der Waals surface area contributed by atoms with E-state index in [4.69, 9.17) is 30.5 Å². The molecule has 174 valence electrons. The maximum Gasteiger partial charge on any atom is 0.190 e. The average Bonchev–Trinajstić information content (AvgIpc) is 2.79. The van der Waals surface area contributed by atoms with Gasteiger partial charge in [0.1, 0.15) is 12.7 Å². The number of carbonyl (C=O) groups excluding carboxylic acids is 1. The van der Waals surface area contributed by atoms with Crippen molar-refractivity contribution in [2.24, 2.45) is 0 Å². The van der Waals surface area contributed by atoms with E-state index in [2.05, 4.69) is 4.90 Å². The smallest absolute Gasteiger partial charge is 0.190 e. The number of ketones is 1. The van der Waals surface area contributed by atoms with Gasteiger partial charge in [-0.05, 0) is 23.8 Å². The molecule has 3 rings (SSSR count). The quantitative estimate of drug-likeness (QED) is 0.504. The minimum atomic E-state index is -0.911. The molecule has 1 aliphatic rings. The van der Waals surface area contributed by atoms with Crippen LogP contribution in [0.3, 0.4) is 0 Å². The summed E-state index contributed by atoms with van der Waals surface area (Å²) in [5.41, 5.74) is 0.848. The molecule has 1 aliphatic heterocycles. The molecule has 32 heavy (non-hydrogen) atoms. The fraction of sp³-hybridized carbons (Fsp3) is 0.435. The number of hydrogen-bond acceptors (Lipinski definition) is 6. The minimum absolute atomic E-state index is 0.0123. The maximum absolute atomic E-state index is 14.3. The first-order chi connectivity index (χ1) is 15.4. The SMILES string of the molecule is CCC(=O)c1cc(F)c(OCC2CN(Cc3ccc(OC)c(OC)c3Cl)CCO2)c(F)c1. The highest BCUT2D eigenvalue weighted by molar-refractivity contribution is 6.33. The van der Waals surface area contributed by atoms with E-state index in [1.165, 1.54) is 7.11 Å². The highest BCUT2D eigenvalue weighted by Gasteiger charge is 2.24. The van der Waals surface area contributed by atoms with Gasteiger partial charge in [-0.2, -0.15) is 0 Å². The number of methoxy groups -OCH3 is 2. The van der Waals surface area contributed by atoms with Gasteiger partial charge in [-0.3, -0.25) is 9.69 Å². The van der Waals surface area contributed by atoms with Crippen LogP contribution in [-0.2, 0) is 11.3 Å². The van der Waals surface area contributed by atoms with Crippen LogP contribution in [0.25, 0.3) is 0 Å².